The van der Waals surface area contributed by atoms with Gasteiger partial charge in [-0.05, 0) is 42.8 Å². The first-order chi connectivity index (χ1) is 8.79. The fourth-order valence-electron chi connectivity index (χ4n) is 1.39. The lowest BCUT2D eigenvalue weighted by molar-refractivity contribution is 0.298. The van der Waals surface area contributed by atoms with Crippen LogP contribution in [0.1, 0.15) is 13.3 Å². The maximum Gasteiger partial charge on any atom is 0.262 e. The largest absolute Gasteiger partial charge is 0.488 e. The zero-order valence-corrected chi connectivity index (χ0v) is 11.7. The normalized spacial score (nSPS) is 10.1. The van der Waals surface area contributed by atoms with Crippen molar-refractivity contribution >= 4 is 15.9 Å². The molecule has 0 N–H and O–H groups in total. The van der Waals surface area contributed by atoms with Gasteiger partial charge in [0.05, 0.1) is 6.61 Å². The Bertz CT molecular complexity index is 499. The van der Waals surface area contributed by atoms with E-state index in [4.69, 9.17) is 9.47 Å². The first-order valence-corrected chi connectivity index (χ1v) is 6.60. The zero-order chi connectivity index (χ0) is 12.8. The average Bonchev–Trinajstić information content (AvgIpc) is 2.40. The van der Waals surface area contributed by atoms with Crippen molar-refractivity contribution in [1.82, 2.24) is 4.98 Å². The number of benzene rings is 1. The van der Waals surface area contributed by atoms with E-state index in [1.165, 1.54) is 0 Å². The molecule has 0 atom stereocenters. The summed E-state index contributed by atoms with van der Waals surface area (Å²) in [7, 11) is 0. The summed E-state index contributed by atoms with van der Waals surface area (Å²) in [5, 5.41) is 0. The second kappa shape index (κ2) is 6.40. The average molecular weight is 308 g/mol. The Morgan fingerprint density at radius 3 is 2.67 bits per heavy atom. The number of pyridine rings is 1. The van der Waals surface area contributed by atoms with Gasteiger partial charge in [-0.3, -0.25) is 0 Å². The van der Waals surface area contributed by atoms with Gasteiger partial charge in [0.25, 0.3) is 5.88 Å². The molecule has 0 radical (unpaired) electrons. The van der Waals surface area contributed by atoms with Gasteiger partial charge in [0.1, 0.15) is 5.75 Å². The van der Waals surface area contributed by atoms with E-state index in [0.717, 1.165) is 16.6 Å². The molecule has 0 bridgehead atoms. The maximum atomic E-state index is 5.70. The molecule has 3 nitrogen and oxygen atoms in total. The first-order valence-electron chi connectivity index (χ1n) is 5.81. The highest BCUT2D eigenvalue weighted by Gasteiger charge is 2.06. The van der Waals surface area contributed by atoms with Gasteiger partial charge in [-0.15, -0.1) is 0 Å². The fraction of sp³-hybridized carbons (Fsp3) is 0.214. The Morgan fingerprint density at radius 2 is 1.94 bits per heavy atom. The molecule has 1 aromatic heterocycles. The van der Waals surface area contributed by atoms with E-state index in [2.05, 4.69) is 27.8 Å². The zero-order valence-electron chi connectivity index (χ0n) is 10.1. The van der Waals surface area contributed by atoms with Gasteiger partial charge in [-0.2, -0.15) is 0 Å². The Hall–Kier alpha value is -1.55. The lowest BCUT2D eigenvalue weighted by Gasteiger charge is -2.10. The lowest BCUT2D eigenvalue weighted by Crippen LogP contribution is -1.98. The lowest BCUT2D eigenvalue weighted by atomic mass is 10.3. The first kappa shape index (κ1) is 12.9. The second-order valence-electron chi connectivity index (χ2n) is 3.71. The van der Waals surface area contributed by atoms with Crippen molar-refractivity contribution in [3.8, 4) is 17.4 Å². The van der Waals surface area contributed by atoms with Crippen LogP contribution in [-0.4, -0.2) is 11.6 Å². The van der Waals surface area contributed by atoms with Gasteiger partial charge in [-0.1, -0.05) is 22.9 Å². The van der Waals surface area contributed by atoms with Crippen molar-refractivity contribution in [3.05, 3.63) is 47.1 Å². The number of hydrogen-bond donors (Lipinski definition) is 0. The molecule has 0 fully saturated rings. The van der Waals surface area contributed by atoms with Crippen LogP contribution in [0, 0.1) is 0 Å². The number of rotatable bonds is 5. The van der Waals surface area contributed by atoms with E-state index in [0.29, 0.717) is 18.2 Å². The third-order valence-corrected chi connectivity index (χ3v) is 2.75. The van der Waals surface area contributed by atoms with Crippen LogP contribution in [0.3, 0.4) is 0 Å². The minimum Gasteiger partial charge on any atom is -0.488 e. The number of hydrogen-bond acceptors (Lipinski definition) is 3. The van der Waals surface area contributed by atoms with Gasteiger partial charge in [0, 0.05) is 10.7 Å². The van der Waals surface area contributed by atoms with Crippen molar-refractivity contribution in [2.45, 2.75) is 13.3 Å². The molecule has 2 aromatic rings. The van der Waals surface area contributed by atoms with Crippen molar-refractivity contribution in [1.29, 1.82) is 0 Å². The number of ether oxygens (including phenoxy) is 2. The van der Waals surface area contributed by atoms with Gasteiger partial charge >= 0.3 is 0 Å². The summed E-state index contributed by atoms with van der Waals surface area (Å²) >= 11 is 3.38. The van der Waals surface area contributed by atoms with Crippen LogP contribution in [0.2, 0.25) is 0 Å². The van der Waals surface area contributed by atoms with Gasteiger partial charge < -0.3 is 9.47 Å². The van der Waals surface area contributed by atoms with Crippen LogP contribution < -0.4 is 9.47 Å². The Kier molecular flexibility index (Phi) is 4.59. The molecule has 94 valence electrons. The summed E-state index contributed by atoms with van der Waals surface area (Å²) in [6.07, 6.45) is 2.64. The van der Waals surface area contributed by atoms with Crippen molar-refractivity contribution < 1.29 is 9.47 Å². The molecule has 0 unspecified atom stereocenters. The van der Waals surface area contributed by atoms with E-state index in [1.54, 1.807) is 6.20 Å². The van der Waals surface area contributed by atoms with Crippen molar-refractivity contribution in [2.24, 2.45) is 0 Å². The Balaban J connectivity index is 2.15. The molecule has 4 heteroatoms. The van der Waals surface area contributed by atoms with Gasteiger partial charge in [0.15, 0.2) is 5.75 Å². The molecule has 1 heterocycles. The molecule has 1 aromatic carbocycles. The Morgan fingerprint density at radius 1 is 1.17 bits per heavy atom. The van der Waals surface area contributed by atoms with Crippen LogP contribution in [-0.2, 0) is 0 Å². The topological polar surface area (TPSA) is 31.4 Å². The molecular formula is C14H14BrNO2. The smallest absolute Gasteiger partial charge is 0.262 e. The standard InChI is InChI=1S/C14H14BrNO2/c1-2-10-17-13-4-3-9-16-14(13)18-12-7-5-11(15)6-8-12/h3-9H,2,10H2,1H3. The number of halogens is 1. The molecular weight excluding hydrogens is 294 g/mol. The molecule has 18 heavy (non-hydrogen) atoms. The third-order valence-electron chi connectivity index (χ3n) is 2.23. The monoisotopic (exact) mass is 307 g/mol. The van der Waals surface area contributed by atoms with Gasteiger partial charge in [-0.25, -0.2) is 4.98 Å². The molecule has 0 spiro atoms. The minimum atomic E-state index is 0.494. The van der Waals surface area contributed by atoms with Crippen LogP contribution in [0.25, 0.3) is 0 Å². The highest BCUT2D eigenvalue weighted by Crippen LogP contribution is 2.29. The molecule has 0 saturated carbocycles. The summed E-state index contributed by atoms with van der Waals surface area (Å²) in [4.78, 5) is 4.19. The number of aromatic nitrogens is 1. The van der Waals surface area contributed by atoms with Crippen LogP contribution in [0.5, 0.6) is 17.4 Å². The Labute approximate surface area is 115 Å². The molecule has 0 aliphatic carbocycles. The predicted molar refractivity (Wildman–Crippen MR) is 74.2 cm³/mol. The summed E-state index contributed by atoms with van der Waals surface area (Å²) < 4.78 is 12.3. The molecule has 0 aliphatic rings. The van der Waals surface area contributed by atoms with E-state index in [9.17, 15) is 0 Å². The minimum absolute atomic E-state index is 0.494. The molecule has 0 amide bonds. The van der Waals surface area contributed by atoms with E-state index < -0.39 is 0 Å². The summed E-state index contributed by atoms with van der Waals surface area (Å²) in [5.41, 5.74) is 0. The summed E-state index contributed by atoms with van der Waals surface area (Å²) in [6, 6.07) is 11.3. The van der Waals surface area contributed by atoms with Crippen LogP contribution >= 0.6 is 15.9 Å². The highest BCUT2D eigenvalue weighted by atomic mass is 79.9. The van der Waals surface area contributed by atoms with Gasteiger partial charge in [0.2, 0.25) is 0 Å². The maximum absolute atomic E-state index is 5.70. The van der Waals surface area contributed by atoms with E-state index in [1.807, 2.05) is 36.4 Å². The van der Waals surface area contributed by atoms with E-state index in [-0.39, 0.29) is 0 Å². The second-order valence-corrected chi connectivity index (χ2v) is 4.63. The highest BCUT2D eigenvalue weighted by molar-refractivity contribution is 9.10. The molecule has 0 aliphatic heterocycles. The van der Waals surface area contributed by atoms with Crippen LogP contribution in [0.15, 0.2) is 47.1 Å². The fourth-order valence-corrected chi connectivity index (χ4v) is 1.65. The molecule has 0 saturated heterocycles. The number of nitrogens with zero attached hydrogens (tertiary/aromatic N) is 1. The molecule has 2 rings (SSSR count). The quantitative estimate of drug-likeness (QED) is 0.819. The predicted octanol–water partition coefficient (Wildman–Crippen LogP) is 4.43. The van der Waals surface area contributed by atoms with Crippen molar-refractivity contribution in [3.63, 3.8) is 0 Å². The summed E-state index contributed by atoms with van der Waals surface area (Å²) in [5.74, 6) is 1.90. The van der Waals surface area contributed by atoms with E-state index >= 15 is 0 Å². The third kappa shape index (κ3) is 3.47. The summed E-state index contributed by atoms with van der Waals surface area (Å²) in [6.45, 7) is 2.72. The van der Waals surface area contributed by atoms with Crippen molar-refractivity contribution in [2.75, 3.05) is 6.61 Å². The van der Waals surface area contributed by atoms with Crippen LogP contribution in [0.4, 0.5) is 0 Å². The SMILES string of the molecule is CCCOc1cccnc1Oc1ccc(Br)cc1.